The van der Waals surface area contributed by atoms with Crippen molar-refractivity contribution in [3.63, 3.8) is 0 Å². The molecular weight excluding hydrogens is 309 g/mol. The zero-order valence-corrected chi connectivity index (χ0v) is 13.1. The zero-order chi connectivity index (χ0) is 16.4. The molecule has 3 heterocycles. The lowest BCUT2D eigenvalue weighted by Gasteiger charge is -2.09. The van der Waals surface area contributed by atoms with E-state index in [4.69, 9.17) is 4.74 Å². The summed E-state index contributed by atoms with van der Waals surface area (Å²) in [6.07, 6.45) is 4.34. The predicted molar refractivity (Wildman–Crippen MR) is 89.9 cm³/mol. The van der Waals surface area contributed by atoms with Crippen molar-refractivity contribution >= 4 is 11.5 Å². The van der Waals surface area contributed by atoms with E-state index in [2.05, 4.69) is 20.7 Å². The second kappa shape index (κ2) is 6.45. The monoisotopic (exact) mass is 327 g/mol. The molecule has 0 saturated carbocycles. The van der Waals surface area contributed by atoms with Crippen LogP contribution in [-0.2, 0) is 0 Å². The number of benzene rings is 1. The molecule has 2 aromatic heterocycles. The summed E-state index contributed by atoms with van der Waals surface area (Å²) in [5.41, 5.74) is 1.70. The summed E-state index contributed by atoms with van der Waals surface area (Å²) >= 11 is 0. The Morgan fingerprint density at radius 1 is 1.12 bits per heavy atom. The molecule has 0 aliphatic carbocycles. The first-order chi connectivity index (χ1) is 11.8. The third kappa shape index (κ3) is 2.90. The van der Waals surface area contributed by atoms with Crippen molar-refractivity contribution in [2.45, 2.75) is 6.42 Å². The van der Waals surface area contributed by atoms with Crippen molar-refractivity contribution in [3.8, 4) is 16.9 Å². The van der Waals surface area contributed by atoms with Gasteiger partial charge in [-0.25, -0.2) is 13.9 Å². The van der Waals surface area contributed by atoms with Gasteiger partial charge in [0.2, 0.25) is 0 Å². The SMILES string of the molecule is Fc1ccc2cc1-c1cnn3ccc(nc13)NCCNCCCO2. The first-order valence-electron chi connectivity index (χ1n) is 8.03. The van der Waals surface area contributed by atoms with E-state index in [1.54, 1.807) is 22.8 Å². The summed E-state index contributed by atoms with van der Waals surface area (Å²) in [5.74, 6) is 1.08. The van der Waals surface area contributed by atoms with Crippen LogP contribution in [0.5, 0.6) is 5.75 Å². The molecule has 0 spiro atoms. The minimum Gasteiger partial charge on any atom is -0.494 e. The Morgan fingerprint density at radius 2 is 2.08 bits per heavy atom. The Labute approximate surface area is 138 Å². The molecule has 7 heteroatoms. The van der Waals surface area contributed by atoms with Crippen LogP contribution < -0.4 is 15.4 Å². The highest BCUT2D eigenvalue weighted by Crippen LogP contribution is 2.30. The Hall–Kier alpha value is -2.67. The third-order valence-electron chi connectivity index (χ3n) is 3.97. The van der Waals surface area contributed by atoms with Gasteiger partial charge in [0.05, 0.1) is 12.8 Å². The number of anilines is 1. The summed E-state index contributed by atoms with van der Waals surface area (Å²) < 4.78 is 21.7. The van der Waals surface area contributed by atoms with Crippen LogP contribution in [0.4, 0.5) is 10.2 Å². The number of nitrogens with one attached hydrogen (secondary N) is 2. The zero-order valence-electron chi connectivity index (χ0n) is 13.1. The number of fused-ring (bicyclic) bond motifs is 4. The fourth-order valence-corrected chi connectivity index (χ4v) is 2.75. The van der Waals surface area contributed by atoms with Gasteiger partial charge in [-0.1, -0.05) is 0 Å². The molecule has 0 atom stereocenters. The Morgan fingerprint density at radius 3 is 3.04 bits per heavy atom. The number of halogens is 1. The predicted octanol–water partition coefficient (Wildman–Crippen LogP) is 2.32. The molecule has 0 amide bonds. The lowest BCUT2D eigenvalue weighted by molar-refractivity contribution is 0.308. The summed E-state index contributed by atoms with van der Waals surface area (Å²) in [6, 6.07) is 6.64. The van der Waals surface area contributed by atoms with Gasteiger partial charge >= 0.3 is 0 Å². The van der Waals surface area contributed by atoms with Gasteiger partial charge in [-0.05, 0) is 37.2 Å². The van der Waals surface area contributed by atoms with Gasteiger partial charge in [0, 0.05) is 30.4 Å². The smallest absolute Gasteiger partial charge is 0.165 e. The van der Waals surface area contributed by atoms with Gasteiger partial charge < -0.3 is 15.4 Å². The lowest BCUT2D eigenvalue weighted by Crippen LogP contribution is -2.24. The van der Waals surface area contributed by atoms with E-state index in [0.717, 1.165) is 31.9 Å². The van der Waals surface area contributed by atoms with Crippen LogP contribution in [0.1, 0.15) is 6.42 Å². The highest BCUT2D eigenvalue weighted by Gasteiger charge is 2.14. The maximum atomic E-state index is 14.4. The van der Waals surface area contributed by atoms with Crippen molar-refractivity contribution in [3.05, 3.63) is 42.5 Å². The molecule has 0 saturated heterocycles. The van der Waals surface area contributed by atoms with Crippen molar-refractivity contribution in [2.75, 3.05) is 31.6 Å². The molecule has 24 heavy (non-hydrogen) atoms. The van der Waals surface area contributed by atoms with E-state index < -0.39 is 0 Å². The van der Waals surface area contributed by atoms with Crippen molar-refractivity contribution in [2.24, 2.45) is 0 Å². The number of rotatable bonds is 0. The van der Waals surface area contributed by atoms with E-state index in [9.17, 15) is 4.39 Å². The molecule has 1 aliphatic rings. The van der Waals surface area contributed by atoms with E-state index in [1.807, 2.05) is 12.3 Å². The highest BCUT2D eigenvalue weighted by molar-refractivity contribution is 5.78. The second-order valence-corrected chi connectivity index (χ2v) is 5.66. The molecule has 2 N–H and O–H groups in total. The lowest BCUT2D eigenvalue weighted by atomic mass is 10.1. The van der Waals surface area contributed by atoms with Crippen molar-refractivity contribution in [1.82, 2.24) is 19.9 Å². The first kappa shape index (κ1) is 14.9. The van der Waals surface area contributed by atoms with Crippen LogP contribution in [0.2, 0.25) is 0 Å². The summed E-state index contributed by atoms with van der Waals surface area (Å²) in [4.78, 5) is 4.58. The number of hydrogen-bond donors (Lipinski definition) is 2. The molecule has 1 aliphatic heterocycles. The van der Waals surface area contributed by atoms with E-state index in [0.29, 0.717) is 29.1 Å². The quantitative estimate of drug-likeness (QED) is 0.663. The van der Waals surface area contributed by atoms with Gasteiger partial charge in [0.1, 0.15) is 17.4 Å². The van der Waals surface area contributed by atoms with Crippen LogP contribution in [0.15, 0.2) is 36.7 Å². The van der Waals surface area contributed by atoms with Crippen LogP contribution in [-0.4, -0.2) is 40.8 Å². The molecule has 1 aromatic carbocycles. The van der Waals surface area contributed by atoms with Crippen LogP contribution in [0.25, 0.3) is 16.8 Å². The minimum atomic E-state index is -0.316. The van der Waals surface area contributed by atoms with Crippen molar-refractivity contribution in [1.29, 1.82) is 0 Å². The van der Waals surface area contributed by atoms with Crippen LogP contribution in [0.3, 0.4) is 0 Å². The van der Waals surface area contributed by atoms with Crippen molar-refractivity contribution < 1.29 is 9.13 Å². The van der Waals surface area contributed by atoms with Gasteiger partial charge in [0.25, 0.3) is 0 Å². The normalized spacial score (nSPS) is 15.4. The Balaban J connectivity index is 1.82. The number of aromatic nitrogens is 3. The van der Waals surface area contributed by atoms with Crippen LogP contribution >= 0.6 is 0 Å². The van der Waals surface area contributed by atoms with E-state index in [-0.39, 0.29) is 5.82 Å². The standard InChI is InChI=1S/C17H18FN5O/c18-15-3-2-12-10-13(15)14-11-21-23-8-4-16(22-17(14)23)20-7-6-19-5-1-9-24-12/h2-4,8,10-11,19H,1,5-7,9H2,(H,20,22). The molecule has 4 bridgehead atoms. The fourth-order valence-electron chi connectivity index (χ4n) is 2.75. The minimum absolute atomic E-state index is 0.316. The molecular formula is C17H18FN5O. The first-order valence-corrected chi connectivity index (χ1v) is 8.03. The molecule has 0 unspecified atom stereocenters. The van der Waals surface area contributed by atoms with Crippen LogP contribution in [0, 0.1) is 5.82 Å². The summed E-state index contributed by atoms with van der Waals surface area (Å²) in [6.45, 7) is 3.05. The van der Waals surface area contributed by atoms with Gasteiger partial charge in [0.15, 0.2) is 5.65 Å². The maximum Gasteiger partial charge on any atom is 0.165 e. The third-order valence-corrected chi connectivity index (χ3v) is 3.97. The topological polar surface area (TPSA) is 63.5 Å². The maximum absolute atomic E-state index is 14.4. The van der Waals surface area contributed by atoms with E-state index in [1.165, 1.54) is 6.07 Å². The summed E-state index contributed by atoms with van der Waals surface area (Å²) in [7, 11) is 0. The fraction of sp³-hybridized carbons (Fsp3) is 0.294. The van der Waals surface area contributed by atoms with Gasteiger partial charge in [-0.2, -0.15) is 5.10 Å². The Kier molecular flexibility index (Phi) is 4.00. The largest absolute Gasteiger partial charge is 0.494 e. The summed E-state index contributed by atoms with van der Waals surface area (Å²) in [5, 5.41) is 10.9. The molecule has 0 fully saturated rings. The number of hydrogen-bond acceptors (Lipinski definition) is 5. The number of ether oxygens (including phenoxy) is 1. The molecule has 6 nitrogen and oxygen atoms in total. The molecule has 3 aromatic rings. The van der Waals surface area contributed by atoms with Gasteiger partial charge in [-0.15, -0.1) is 0 Å². The molecule has 4 rings (SSSR count). The average Bonchev–Trinajstić information content (AvgIpc) is 3.01. The number of nitrogens with zero attached hydrogens (tertiary/aromatic N) is 3. The highest BCUT2D eigenvalue weighted by atomic mass is 19.1. The molecule has 0 radical (unpaired) electrons. The Bertz CT molecular complexity index is 863. The molecule has 124 valence electrons. The van der Waals surface area contributed by atoms with Gasteiger partial charge in [-0.3, -0.25) is 0 Å². The second-order valence-electron chi connectivity index (χ2n) is 5.66. The average molecular weight is 327 g/mol. The van der Waals surface area contributed by atoms with E-state index >= 15 is 0 Å².